The Balaban J connectivity index is 0.000000138. The minimum absolute atomic E-state index is 0.109. The summed E-state index contributed by atoms with van der Waals surface area (Å²) in [4.78, 5) is 0. The molecule has 0 heterocycles. The van der Waals surface area contributed by atoms with Crippen molar-refractivity contribution in [1.82, 2.24) is 0 Å². The molecular formula is C112H76. The van der Waals surface area contributed by atoms with Crippen molar-refractivity contribution in [1.29, 1.82) is 0 Å². The number of hydrogen-bond donors (Lipinski definition) is 0. The molecule has 524 valence electrons. The predicted octanol–water partition coefficient (Wildman–Crippen LogP) is 31.2. The Hall–Kier alpha value is -13.8. The highest BCUT2D eigenvalue weighted by molar-refractivity contribution is 6.24. The van der Waals surface area contributed by atoms with Crippen molar-refractivity contribution < 1.29 is 0 Å². The van der Waals surface area contributed by atoms with Crippen LogP contribution < -0.4 is 0 Å². The lowest BCUT2D eigenvalue weighted by Gasteiger charge is -2.25. The minimum atomic E-state index is -0.117. The summed E-state index contributed by atoms with van der Waals surface area (Å²) in [6.07, 6.45) is 0. The predicted molar refractivity (Wildman–Crippen MR) is 481 cm³/mol. The molecule has 0 radical (unpaired) electrons. The van der Waals surface area contributed by atoms with Gasteiger partial charge in [0.05, 0.1) is 0 Å². The molecule has 21 aromatic carbocycles. The van der Waals surface area contributed by atoms with Gasteiger partial charge in [0.25, 0.3) is 0 Å². The zero-order valence-corrected chi connectivity index (χ0v) is 63.0. The van der Waals surface area contributed by atoms with Gasteiger partial charge in [0.2, 0.25) is 0 Å². The molecule has 0 heteroatoms. The summed E-state index contributed by atoms with van der Waals surface area (Å²) < 4.78 is 0. The summed E-state index contributed by atoms with van der Waals surface area (Å²) in [6.45, 7) is 9.57. The van der Waals surface area contributed by atoms with Crippen LogP contribution in [0.25, 0.3) is 208 Å². The molecule has 0 saturated carbocycles. The van der Waals surface area contributed by atoms with Crippen LogP contribution in [0.4, 0.5) is 0 Å². The van der Waals surface area contributed by atoms with Crippen LogP contribution in [-0.2, 0) is 10.8 Å². The lowest BCUT2D eigenvalue weighted by molar-refractivity contribution is 0.662. The molecule has 0 unspecified atom stereocenters. The summed E-state index contributed by atoms with van der Waals surface area (Å²) in [5.74, 6) is 0. The van der Waals surface area contributed by atoms with Crippen molar-refractivity contribution >= 4 is 108 Å². The van der Waals surface area contributed by atoms with E-state index in [9.17, 15) is 0 Å². The van der Waals surface area contributed by atoms with Gasteiger partial charge in [0.1, 0.15) is 0 Å². The maximum Gasteiger partial charge on any atom is 0.0165 e. The van der Waals surface area contributed by atoms with Gasteiger partial charge in [-0.25, -0.2) is 0 Å². The van der Waals surface area contributed by atoms with Gasteiger partial charge in [-0.3, -0.25) is 0 Å². The van der Waals surface area contributed by atoms with Gasteiger partial charge in [-0.2, -0.15) is 0 Å². The Morgan fingerprint density at radius 3 is 0.812 bits per heavy atom. The summed E-state index contributed by atoms with van der Waals surface area (Å²) in [5, 5.41) is 25.7. The molecule has 0 aliphatic heterocycles. The smallest absolute Gasteiger partial charge is 0.0165 e. The molecule has 0 saturated heterocycles. The minimum Gasteiger partial charge on any atom is -0.0616 e. The van der Waals surface area contributed by atoms with Crippen LogP contribution in [0.1, 0.15) is 49.9 Å². The molecule has 2 aliphatic carbocycles. The summed E-state index contributed by atoms with van der Waals surface area (Å²) in [7, 11) is 0. The van der Waals surface area contributed by atoms with E-state index in [0.29, 0.717) is 0 Å². The van der Waals surface area contributed by atoms with Crippen LogP contribution in [-0.4, -0.2) is 0 Å². The van der Waals surface area contributed by atoms with Gasteiger partial charge in [-0.05, 0) is 242 Å². The standard InChI is InChI=1S/C59H40.C53H36/c1-59(2)54-35-34-37-14-3-6-17-44(37)57(54)52-25-13-24-45(58(52)59)38-26-30-40(31-27-38)55-48-20-9-11-22-50(48)56(51-23-12-10-21-49(51)55)41-32-28-39(29-33-41)53-36-42-15-4-5-16-43(42)46-18-7-8-19-47(46)53;1-53(2)48-31-29-34-13-4-6-15-41(34)51(48)47-21-11-20-42(52(47)53)35-22-25-36(26-23-35)49-43-16-7-9-18-45(43)50(46-19-10-8-17-44(46)49)38-28-30-40-37(32-38)27-24-33-12-3-5-14-39(33)40/h3-36H,1-2H3;3-32H,1-2H3. The summed E-state index contributed by atoms with van der Waals surface area (Å²) in [6, 6.07) is 145. The van der Waals surface area contributed by atoms with E-state index in [2.05, 4.69) is 416 Å². The molecule has 23 rings (SSSR count). The van der Waals surface area contributed by atoms with Crippen molar-refractivity contribution in [2.24, 2.45) is 0 Å². The number of rotatable bonds is 7. The van der Waals surface area contributed by atoms with Gasteiger partial charge >= 0.3 is 0 Å². The zero-order chi connectivity index (χ0) is 74.5. The quantitative estimate of drug-likeness (QED) is 0.110. The van der Waals surface area contributed by atoms with E-state index < -0.39 is 0 Å². The summed E-state index contributed by atoms with van der Waals surface area (Å²) >= 11 is 0. The second-order valence-electron chi connectivity index (χ2n) is 32.0. The Labute approximate surface area is 652 Å². The lowest BCUT2D eigenvalue weighted by atomic mass is 9.78. The first-order chi connectivity index (χ1) is 55.1. The van der Waals surface area contributed by atoms with E-state index in [-0.39, 0.29) is 10.8 Å². The zero-order valence-electron chi connectivity index (χ0n) is 63.0. The average Bonchev–Trinajstić information content (AvgIpc) is 1.25. The maximum absolute atomic E-state index is 2.39. The molecule has 0 fully saturated rings. The van der Waals surface area contributed by atoms with E-state index in [1.165, 1.54) is 230 Å². The Kier molecular flexibility index (Phi) is 14.8. The normalized spacial score (nSPS) is 13.1. The number of benzene rings is 21. The lowest BCUT2D eigenvalue weighted by Crippen LogP contribution is -2.16. The third-order valence-corrected chi connectivity index (χ3v) is 25.2. The fraction of sp³-hybridized carbons (Fsp3) is 0.0536. The fourth-order valence-electron chi connectivity index (χ4n) is 20.2. The molecule has 2 aliphatic rings. The van der Waals surface area contributed by atoms with Crippen molar-refractivity contribution in [3.63, 3.8) is 0 Å². The molecule has 0 atom stereocenters. The Bertz CT molecular complexity index is 7400. The van der Waals surface area contributed by atoms with Crippen molar-refractivity contribution in [2.75, 3.05) is 0 Å². The molecule has 0 bridgehead atoms. The van der Waals surface area contributed by atoms with E-state index in [0.717, 1.165) is 0 Å². The van der Waals surface area contributed by atoms with E-state index in [1.807, 2.05) is 0 Å². The van der Waals surface area contributed by atoms with Crippen LogP contribution in [0.5, 0.6) is 0 Å². The second-order valence-corrected chi connectivity index (χ2v) is 32.0. The Morgan fingerprint density at radius 1 is 0.143 bits per heavy atom. The fourth-order valence-corrected chi connectivity index (χ4v) is 20.2. The molecule has 0 spiro atoms. The third kappa shape index (κ3) is 10.0. The first-order valence-electron chi connectivity index (χ1n) is 39.4. The highest BCUT2D eigenvalue weighted by atomic mass is 14.4. The number of fused-ring (bicyclic) bond motifs is 20. The van der Waals surface area contributed by atoms with Crippen molar-refractivity contribution in [2.45, 2.75) is 38.5 Å². The van der Waals surface area contributed by atoms with Crippen LogP contribution in [0.2, 0.25) is 0 Å². The third-order valence-electron chi connectivity index (χ3n) is 25.2. The SMILES string of the molecule is CC1(C)c2ccc3ccccc3c2-c2cccc(-c3ccc(-c4c5ccccc5c(-c5ccc(-c6cc7ccccc7c7ccccc67)cc5)c5ccccc45)cc3)c21.CC1(C)c2ccc3ccccc3c2-c2cccc(-c3ccc(-c4c5ccccc5c(-c5ccc6c(ccc7ccccc76)c5)c5ccccc45)cc3)c21. The first kappa shape index (κ1) is 65.3. The van der Waals surface area contributed by atoms with E-state index in [1.54, 1.807) is 0 Å². The topological polar surface area (TPSA) is 0 Å². The largest absolute Gasteiger partial charge is 0.0616 e. The maximum atomic E-state index is 2.39. The molecule has 0 nitrogen and oxygen atoms in total. The second kappa shape index (κ2) is 25.4. The monoisotopic (exact) mass is 1420 g/mol. The van der Waals surface area contributed by atoms with Gasteiger partial charge in [0.15, 0.2) is 0 Å². The first-order valence-corrected chi connectivity index (χ1v) is 39.4. The average molecular weight is 1420 g/mol. The van der Waals surface area contributed by atoms with E-state index >= 15 is 0 Å². The number of hydrogen-bond acceptors (Lipinski definition) is 0. The van der Waals surface area contributed by atoms with Crippen molar-refractivity contribution in [3.8, 4) is 100 Å². The summed E-state index contributed by atoms with van der Waals surface area (Å²) in [5.41, 5.74) is 28.6. The Morgan fingerprint density at radius 2 is 0.402 bits per heavy atom. The highest BCUT2D eigenvalue weighted by Crippen LogP contribution is 2.57. The van der Waals surface area contributed by atoms with Crippen LogP contribution in [0, 0.1) is 0 Å². The molecule has 0 aromatic heterocycles. The molecule has 112 heavy (non-hydrogen) atoms. The molecule has 0 amide bonds. The van der Waals surface area contributed by atoms with Crippen LogP contribution in [0.3, 0.4) is 0 Å². The highest BCUT2D eigenvalue weighted by Gasteiger charge is 2.40. The van der Waals surface area contributed by atoms with Gasteiger partial charge < -0.3 is 0 Å². The van der Waals surface area contributed by atoms with Crippen LogP contribution >= 0.6 is 0 Å². The van der Waals surface area contributed by atoms with E-state index in [4.69, 9.17) is 0 Å². The molecule has 0 N–H and O–H groups in total. The van der Waals surface area contributed by atoms with Gasteiger partial charge in [-0.15, -0.1) is 0 Å². The van der Waals surface area contributed by atoms with Crippen molar-refractivity contribution in [3.05, 3.63) is 411 Å². The van der Waals surface area contributed by atoms with Gasteiger partial charge in [0, 0.05) is 10.8 Å². The molecular weight excluding hydrogens is 1350 g/mol. The van der Waals surface area contributed by atoms with Crippen LogP contribution in [0.15, 0.2) is 388 Å². The van der Waals surface area contributed by atoms with Gasteiger partial charge in [-0.1, -0.05) is 404 Å². The molecule has 21 aromatic rings.